The third kappa shape index (κ3) is 3.26. The van der Waals surface area contributed by atoms with Crippen molar-refractivity contribution in [2.24, 2.45) is 7.05 Å². The number of ether oxygens (including phenoxy) is 1. The largest absolute Gasteiger partial charge is 0.482 e. The maximum absolute atomic E-state index is 6.14. The zero-order valence-corrected chi connectivity index (χ0v) is 15.4. The van der Waals surface area contributed by atoms with Crippen LogP contribution in [-0.4, -0.2) is 29.7 Å². The first-order valence-corrected chi connectivity index (χ1v) is 8.57. The van der Waals surface area contributed by atoms with Gasteiger partial charge in [-0.3, -0.25) is 9.67 Å². The lowest BCUT2D eigenvalue weighted by Gasteiger charge is -2.16. The maximum atomic E-state index is 6.14. The minimum absolute atomic E-state index is 0.327. The second-order valence-electron chi connectivity index (χ2n) is 6.02. The number of anilines is 1. The Hall–Kier alpha value is -3.26. The Bertz CT molecular complexity index is 1130. The lowest BCUT2D eigenvalue weighted by atomic mass is 10.0. The Labute approximate surface area is 160 Å². The number of halogens is 1. The first kappa shape index (κ1) is 17.2. The number of nitrogen functional groups attached to an aromatic ring is 1. The molecule has 1 atom stereocenters. The summed E-state index contributed by atoms with van der Waals surface area (Å²) in [6, 6.07) is 5.55. The van der Waals surface area contributed by atoms with Crippen molar-refractivity contribution in [3.05, 3.63) is 54.1 Å². The summed E-state index contributed by atoms with van der Waals surface area (Å²) in [4.78, 5) is 16.9. The van der Waals surface area contributed by atoms with E-state index in [9.17, 15) is 0 Å². The number of hydrogen-bond acceptors (Lipinski definition) is 7. The Morgan fingerprint density at radius 2 is 2.04 bits per heavy atom. The van der Waals surface area contributed by atoms with Crippen molar-refractivity contribution in [1.82, 2.24) is 29.7 Å². The van der Waals surface area contributed by atoms with Crippen molar-refractivity contribution in [3.63, 3.8) is 0 Å². The molecular formula is C18H16ClN7O. The molecule has 27 heavy (non-hydrogen) atoms. The Balaban J connectivity index is 1.82. The predicted octanol–water partition coefficient (Wildman–Crippen LogP) is 3.20. The van der Waals surface area contributed by atoms with Gasteiger partial charge in [0.1, 0.15) is 24.2 Å². The highest BCUT2D eigenvalue weighted by molar-refractivity contribution is 6.30. The molecule has 0 bridgehead atoms. The lowest BCUT2D eigenvalue weighted by molar-refractivity contribution is 0.219. The molecule has 9 heteroatoms. The lowest BCUT2D eigenvalue weighted by Crippen LogP contribution is -2.07. The van der Waals surface area contributed by atoms with Crippen molar-refractivity contribution in [2.45, 2.75) is 13.0 Å². The van der Waals surface area contributed by atoms with Crippen LogP contribution in [0.15, 0.2) is 43.2 Å². The molecule has 0 unspecified atom stereocenters. The maximum Gasteiger partial charge on any atom is 0.191 e. The molecule has 8 nitrogen and oxygen atoms in total. The van der Waals surface area contributed by atoms with Crippen molar-refractivity contribution >= 4 is 28.3 Å². The molecule has 0 saturated heterocycles. The fourth-order valence-corrected chi connectivity index (χ4v) is 3.02. The van der Waals surface area contributed by atoms with Gasteiger partial charge < -0.3 is 10.5 Å². The fraction of sp³-hybridized carbons (Fsp3) is 0.167. The normalized spacial score (nSPS) is 12.3. The smallest absolute Gasteiger partial charge is 0.191 e. The van der Waals surface area contributed by atoms with E-state index in [0.717, 1.165) is 11.1 Å². The van der Waals surface area contributed by atoms with Gasteiger partial charge in [-0.1, -0.05) is 11.6 Å². The molecule has 2 N–H and O–H groups in total. The Morgan fingerprint density at radius 3 is 2.78 bits per heavy atom. The predicted molar refractivity (Wildman–Crippen MR) is 102 cm³/mol. The zero-order chi connectivity index (χ0) is 19.0. The molecule has 0 aliphatic carbocycles. The van der Waals surface area contributed by atoms with E-state index in [1.807, 2.05) is 25.1 Å². The molecule has 4 aromatic rings. The van der Waals surface area contributed by atoms with Crippen LogP contribution in [-0.2, 0) is 7.05 Å². The molecule has 1 aromatic carbocycles. The van der Waals surface area contributed by atoms with Crippen LogP contribution in [0.5, 0.6) is 5.75 Å². The molecule has 4 rings (SSSR count). The molecule has 0 aliphatic heterocycles. The van der Waals surface area contributed by atoms with Crippen LogP contribution in [0, 0.1) is 0 Å². The number of rotatable bonds is 4. The molecule has 0 aliphatic rings. The van der Waals surface area contributed by atoms with Crippen molar-refractivity contribution in [3.8, 4) is 16.9 Å². The number of nitrogens with two attached hydrogens (primary N) is 1. The van der Waals surface area contributed by atoms with Gasteiger partial charge in [0.15, 0.2) is 11.9 Å². The van der Waals surface area contributed by atoms with Crippen molar-refractivity contribution in [2.75, 3.05) is 5.73 Å². The average molecular weight is 382 g/mol. The SMILES string of the molecule is C[C@H](Oc1ccc(-c2cncc(Cl)c2)c2ncnc(N)c12)c1ncn(C)n1. The Kier molecular flexibility index (Phi) is 4.33. The molecule has 0 amide bonds. The number of aromatic nitrogens is 6. The van der Waals surface area contributed by atoms with Crippen LogP contribution in [0.2, 0.25) is 5.02 Å². The van der Waals surface area contributed by atoms with Crippen LogP contribution in [0.1, 0.15) is 18.9 Å². The van der Waals surface area contributed by atoms with Crippen LogP contribution in [0.25, 0.3) is 22.0 Å². The standard InChI is InChI=1S/C18H16ClN7O/c1-10(18-24-9-26(2)25-18)27-14-4-3-13(11-5-12(19)7-21-6-11)16-15(14)17(20)23-8-22-16/h3-10H,1-2H3,(H2,20,22,23)/t10-/m0/s1. The number of nitrogens with zero attached hydrogens (tertiary/aromatic N) is 6. The van der Waals surface area contributed by atoms with E-state index >= 15 is 0 Å². The molecule has 0 fully saturated rings. The highest BCUT2D eigenvalue weighted by atomic mass is 35.5. The van der Waals surface area contributed by atoms with Gasteiger partial charge >= 0.3 is 0 Å². The summed E-state index contributed by atoms with van der Waals surface area (Å²) >= 11 is 6.09. The van der Waals surface area contributed by atoms with Crippen LogP contribution < -0.4 is 10.5 Å². The highest BCUT2D eigenvalue weighted by Crippen LogP contribution is 2.37. The van der Waals surface area contributed by atoms with Crippen LogP contribution in [0.3, 0.4) is 0 Å². The average Bonchev–Trinajstić information content (AvgIpc) is 3.08. The van der Waals surface area contributed by atoms with E-state index < -0.39 is 0 Å². The van der Waals surface area contributed by atoms with Gasteiger partial charge in [0.25, 0.3) is 0 Å². The molecular weight excluding hydrogens is 366 g/mol. The van der Waals surface area contributed by atoms with E-state index in [4.69, 9.17) is 22.1 Å². The molecule has 0 spiro atoms. The van der Waals surface area contributed by atoms with Gasteiger partial charge in [-0.2, -0.15) is 5.10 Å². The minimum Gasteiger partial charge on any atom is -0.482 e. The molecule has 136 valence electrons. The van der Waals surface area contributed by atoms with E-state index in [0.29, 0.717) is 33.3 Å². The molecule has 3 heterocycles. The summed E-state index contributed by atoms with van der Waals surface area (Å²) in [6.07, 6.45) is 5.98. The quantitative estimate of drug-likeness (QED) is 0.578. The molecule has 3 aromatic heterocycles. The number of pyridine rings is 1. The fourth-order valence-electron chi connectivity index (χ4n) is 2.84. The molecule has 0 saturated carbocycles. The zero-order valence-electron chi connectivity index (χ0n) is 14.7. The van der Waals surface area contributed by atoms with Crippen LogP contribution >= 0.6 is 11.6 Å². The van der Waals surface area contributed by atoms with E-state index in [2.05, 4.69) is 25.0 Å². The number of hydrogen-bond donors (Lipinski definition) is 1. The van der Waals surface area contributed by atoms with Gasteiger partial charge in [-0.25, -0.2) is 15.0 Å². The third-order valence-corrected chi connectivity index (χ3v) is 4.29. The number of benzene rings is 1. The van der Waals surface area contributed by atoms with E-state index in [1.54, 1.807) is 30.5 Å². The highest BCUT2D eigenvalue weighted by Gasteiger charge is 2.18. The van der Waals surface area contributed by atoms with Gasteiger partial charge in [0, 0.05) is 30.6 Å². The van der Waals surface area contributed by atoms with Crippen LogP contribution in [0.4, 0.5) is 5.82 Å². The number of fused-ring (bicyclic) bond motifs is 1. The van der Waals surface area contributed by atoms with E-state index in [-0.39, 0.29) is 6.10 Å². The van der Waals surface area contributed by atoms with Gasteiger partial charge in [0.2, 0.25) is 0 Å². The van der Waals surface area contributed by atoms with Gasteiger partial charge in [0.05, 0.1) is 15.9 Å². The summed E-state index contributed by atoms with van der Waals surface area (Å²) < 4.78 is 7.71. The van der Waals surface area contributed by atoms with Crippen molar-refractivity contribution < 1.29 is 4.74 Å². The summed E-state index contributed by atoms with van der Waals surface area (Å²) in [5.74, 6) is 1.46. The van der Waals surface area contributed by atoms with Gasteiger partial charge in [-0.05, 0) is 25.1 Å². The second kappa shape index (κ2) is 6.81. The minimum atomic E-state index is -0.368. The summed E-state index contributed by atoms with van der Waals surface area (Å²) in [5, 5.41) is 5.44. The van der Waals surface area contributed by atoms with E-state index in [1.165, 1.54) is 6.33 Å². The first-order valence-electron chi connectivity index (χ1n) is 8.19. The number of aryl methyl sites for hydroxylation is 1. The third-order valence-electron chi connectivity index (χ3n) is 4.08. The topological polar surface area (TPSA) is 105 Å². The first-order chi connectivity index (χ1) is 13.0. The monoisotopic (exact) mass is 381 g/mol. The molecule has 0 radical (unpaired) electrons. The van der Waals surface area contributed by atoms with Gasteiger partial charge in [-0.15, -0.1) is 0 Å². The van der Waals surface area contributed by atoms with Crippen molar-refractivity contribution in [1.29, 1.82) is 0 Å². The second-order valence-corrected chi connectivity index (χ2v) is 6.46. The summed E-state index contributed by atoms with van der Waals surface area (Å²) in [6.45, 7) is 1.87. The Morgan fingerprint density at radius 1 is 1.19 bits per heavy atom. The summed E-state index contributed by atoms with van der Waals surface area (Å²) in [7, 11) is 1.80. The summed E-state index contributed by atoms with van der Waals surface area (Å²) in [5.41, 5.74) is 8.47.